The van der Waals surface area contributed by atoms with Crippen LogP contribution in [0.1, 0.15) is 25.5 Å². The van der Waals surface area contributed by atoms with Crippen molar-refractivity contribution in [2.24, 2.45) is 11.5 Å². The Balaban J connectivity index is 3.02. The Bertz CT molecular complexity index is 347. The molecule has 4 heteroatoms. The molecule has 1 atom stereocenters. The molecule has 0 amide bonds. The minimum Gasteiger partial charge on any atom is -0.494 e. The van der Waals surface area contributed by atoms with Gasteiger partial charge in [0.25, 0.3) is 0 Å². The third-order valence-electron chi connectivity index (χ3n) is 2.34. The van der Waals surface area contributed by atoms with Gasteiger partial charge in [0.2, 0.25) is 0 Å². The predicted octanol–water partition coefficient (Wildman–Crippen LogP) is 1.57. The molecule has 0 aliphatic carbocycles. The molecule has 3 nitrogen and oxygen atoms in total. The lowest BCUT2D eigenvalue weighted by Crippen LogP contribution is -2.43. The van der Waals surface area contributed by atoms with Gasteiger partial charge in [-0.05, 0) is 31.5 Å². The van der Waals surface area contributed by atoms with Crippen LogP contribution in [0.15, 0.2) is 18.2 Å². The molecule has 0 radical (unpaired) electrons. The van der Waals surface area contributed by atoms with E-state index in [0.29, 0.717) is 5.56 Å². The summed E-state index contributed by atoms with van der Waals surface area (Å²) in [6.07, 6.45) is 0. The normalized spacial score (nSPS) is 13.7. The summed E-state index contributed by atoms with van der Waals surface area (Å²) < 4.78 is 18.2. The van der Waals surface area contributed by atoms with Gasteiger partial charge >= 0.3 is 0 Å². The number of hydrogen-bond acceptors (Lipinski definition) is 3. The first-order valence-electron chi connectivity index (χ1n) is 4.74. The van der Waals surface area contributed by atoms with Gasteiger partial charge in [0, 0.05) is 11.6 Å². The third kappa shape index (κ3) is 2.67. The molecule has 0 aliphatic rings. The Hall–Kier alpha value is -1.13. The topological polar surface area (TPSA) is 61.3 Å². The van der Waals surface area contributed by atoms with Crippen molar-refractivity contribution < 1.29 is 9.13 Å². The molecule has 0 aromatic heterocycles. The van der Waals surface area contributed by atoms with E-state index in [0.717, 1.165) is 0 Å². The monoisotopic (exact) mass is 212 g/mol. The number of hydrogen-bond donors (Lipinski definition) is 2. The number of methoxy groups -OCH3 is 1. The zero-order valence-corrected chi connectivity index (χ0v) is 9.25. The first-order valence-corrected chi connectivity index (χ1v) is 4.74. The van der Waals surface area contributed by atoms with Crippen molar-refractivity contribution in [1.82, 2.24) is 0 Å². The number of rotatable bonds is 3. The van der Waals surface area contributed by atoms with E-state index >= 15 is 0 Å². The lowest BCUT2D eigenvalue weighted by Gasteiger charge is -2.27. The van der Waals surface area contributed by atoms with E-state index in [1.165, 1.54) is 13.2 Å². The van der Waals surface area contributed by atoms with Gasteiger partial charge in [-0.2, -0.15) is 0 Å². The molecule has 1 aromatic carbocycles. The van der Waals surface area contributed by atoms with Crippen molar-refractivity contribution in [3.8, 4) is 5.75 Å². The molecule has 0 saturated carbocycles. The Labute approximate surface area is 89.2 Å². The molecule has 4 N–H and O–H groups in total. The van der Waals surface area contributed by atoms with E-state index in [4.69, 9.17) is 16.2 Å². The molecule has 15 heavy (non-hydrogen) atoms. The van der Waals surface area contributed by atoms with Crippen LogP contribution in [-0.4, -0.2) is 12.6 Å². The van der Waals surface area contributed by atoms with Crippen molar-refractivity contribution in [1.29, 1.82) is 0 Å². The average Bonchev–Trinajstić information content (AvgIpc) is 2.15. The van der Waals surface area contributed by atoms with Crippen LogP contribution in [0.25, 0.3) is 0 Å². The molecular weight excluding hydrogens is 195 g/mol. The second-order valence-electron chi connectivity index (χ2n) is 4.19. The Morgan fingerprint density at radius 3 is 2.40 bits per heavy atom. The number of ether oxygens (including phenoxy) is 1. The van der Waals surface area contributed by atoms with Gasteiger partial charge in [0.15, 0.2) is 11.6 Å². The third-order valence-corrected chi connectivity index (χ3v) is 2.34. The molecule has 0 fully saturated rings. The summed E-state index contributed by atoms with van der Waals surface area (Å²) in [5.74, 6) is -0.213. The highest BCUT2D eigenvalue weighted by atomic mass is 19.1. The lowest BCUT2D eigenvalue weighted by atomic mass is 9.90. The van der Waals surface area contributed by atoms with Crippen LogP contribution in [0.5, 0.6) is 5.75 Å². The van der Waals surface area contributed by atoms with Crippen molar-refractivity contribution in [2.45, 2.75) is 25.4 Å². The molecule has 0 bridgehead atoms. The molecule has 0 saturated heterocycles. The van der Waals surface area contributed by atoms with Gasteiger partial charge in [-0.25, -0.2) is 4.39 Å². The lowest BCUT2D eigenvalue weighted by molar-refractivity contribution is 0.382. The van der Waals surface area contributed by atoms with Crippen molar-refractivity contribution in [3.63, 3.8) is 0 Å². The number of halogens is 1. The van der Waals surface area contributed by atoms with Crippen LogP contribution >= 0.6 is 0 Å². The summed E-state index contributed by atoms with van der Waals surface area (Å²) in [4.78, 5) is 0. The SMILES string of the molecule is COc1ccc(C(N)C(C)(C)N)cc1F. The average molecular weight is 212 g/mol. The summed E-state index contributed by atoms with van der Waals surface area (Å²) in [7, 11) is 1.42. The summed E-state index contributed by atoms with van der Waals surface area (Å²) >= 11 is 0. The van der Waals surface area contributed by atoms with Crippen LogP contribution < -0.4 is 16.2 Å². The van der Waals surface area contributed by atoms with E-state index in [-0.39, 0.29) is 5.75 Å². The quantitative estimate of drug-likeness (QED) is 0.799. The minimum absolute atomic E-state index is 0.209. The fraction of sp³-hybridized carbons (Fsp3) is 0.455. The van der Waals surface area contributed by atoms with E-state index in [9.17, 15) is 4.39 Å². The van der Waals surface area contributed by atoms with Crippen LogP contribution in [0.4, 0.5) is 4.39 Å². The largest absolute Gasteiger partial charge is 0.494 e. The zero-order chi connectivity index (χ0) is 11.6. The highest BCUT2D eigenvalue weighted by Gasteiger charge is 2.23. The van der Waals surface area contributed by atoms with Gasteiger partial charge in [-0.1, -0.05) is 6.07 Å². The first-order chi connectivity index (χ1) is 6.86. The van der Waals surface area contributed by atoms with Gasteiger partial charge in [0.05, 0.1) is 7.11 Å². The highest BCUT2D eigenvalue weighted by molar-refractivity contribution is 5.32. The van der Waals surface area contributed by atoms with Gasteiger partial charge < -0.3 is 16.2 Å². The molecule has 1 unspecified atom stereocenters. The molecule has 84 valence electrons. The number of benzene rings is 1. The zero-order valence-electron chi connectivity index (χ0n) is 9.25. The maximum absolute atomic E-state index is 13.4. The van der Waals surface area contributed by atoms with E-state index in [2.05, 4.69) is 0 Å². The fourth-order valence-corrected chi connectivity index (χ4v) is 1.31. The molecule has 0 heterocycles. The van der Waals surface area contributed by atoms with Crippen LogP contribution in [-0.2, 0) is 0 Å². The summed E-state index contributed by atoms with van der Waals surface area (Å²) in [6.45, 7) is 3.61. The Morgan fingerprint density at radius 2 is 2.00 bits per heavy atom. The van der Waals surface area contributed by atoms with Crippen LogP contribution in [0, 0.1) is 5.82 Å². The number of nitrogens with two attached hydrogens (primary N) is 2. The van der Waals surface area contributed by atoms with Crippen LogP contribution in [0.2, 0.25) is 0 Å². The predicted molar refractivity (Wildman–Crippen MR) is 58.1 cm³/mol. The van der Waals surface area contributed by atoms with Crippen molar-refractivity contribution in [3.05, 3.63) is 29.6 Å². The van der Waals surface area contributed by atoms with Gasteiger partial charge in [-0.3, -0.25) is 0 Å². The summed E-state index contributed by atoms with van der Waals surface area (Å²) in [5, 5.41) is 0. The highest BCUT2D eigenvalue weighted by Crippen LogP contribution is 2.25. The van der Waals surface area contributed by atoms with Gasteiger partial charge in [0.1, 0.15) is 0 Å². The van der Waals surface area contributed by atoms with E-state index in [1.807, 2.05) is 0 Å². The summed E-state index contributed by atoms with van der Waals surface area (Å²) in [6, 6.07) is 4.23. The molecule has 1 rings (SSSR count). The second-order valence-corrected chi connectivity index (χ2v) is 4.19. The van der Waals surface area contributed by atoms with Gasteiger partial charge in [-0.15, -0.1) is 0 Å². The minimum atomic E-state index is -0.582. The maximum atomic E-state index is 13.4. The summed E-state index contributed by atoms with van der Waals surface area (Å²) in [5.41, 5.74) is 11.8. The van der Waals surface area contributed by atoms with Crippen molar-refractivity contribution >= 4 is 0 Å². The molecule has 0 aliphatic heterocycles. The molecule has 1 aromatic rings. The van der Waals surface area contributed by atoms with E-state index in [1.54, 1.807) is 26.0 Å². The fourth-order valence-electron chi connectivity index (χ4n) is 1.31. The second kappa shape index (κ2) is 4.16. The van der Waals surface area contributed by atoms with E-state index < -0.39 is 17.4 Å². The smallest absolute Gasteiger partial charge is 0.165 e. The molecule has 0 spiro atoms. The van der Waals surface area contributed by atoms with Crippen molar-refractivity contribution in [2.75, 3.05) is 7.11 Å². The Kier molecular flexibility index (Phi) is 3.31. The standard InChI is InChI=1S/C11H17FN2O/c1-11(2,14)10(13)7-4-5-9(15-3)8(12)6-7/h4-6,10H,13-14H2,1-3H3. The first kappa shape index (κ1) is 11.9. The maximum Gasteiger partial charge on any atom is 0.165 e. The Morgan fingerprint density at radius 1 is 1.40 bits per heavy atom. The van der Waals surface area contributed by atoms with Crippen LogP contribution in [0.3, 0.4) is 0 Å². The molecular formula is C11H17FN2O.